The molecule has 3 rings (SSSR count). The predicted octanol–water partition coefficient (Wildman–Crippen LogP) is 5.67. The van der Waals surface area contributed by atoms with E-state index >= 15 is 0 Å². The van der Waals surface area contributed by atoms with E-state index in [0.29, 0.717) is 34.1 Å². The number of aromatic nitrogens is 2. The average molecular weight is 375 g/mol. The second-order valence-electron chi connectivity index (χ2n) is 5.07. The van der Waals surface area contributed by atoms with Crippen molar-refractivity contribution < 1.29 is 4.74 Å². The van der Waals surface area contributed by atoms with Gasteiger partial charge in [0.15, 0.2) is 0 Å². The van der Waals surface area contributed by atoms with Crippen LogP contribution in [-0.4, -0.2) is 16.6 Å². The summed E-state index contributed by atoms with van der Waals surface area (Å²) in [5, 5.41) is 7.45. The number of halogens is 2. The first kappa shape index (κ1) is 17.3. The monoisotopic (exact) mass is 374 g/mol. The maximum Gasteiger partial charge on any atom is 0.229 e. The van der Waals surface area contributed by atoms with Gasteiger partial charge in [-0.2, -0.15) is 4.98 Å². The molecule has 0 atom stereocenters. The second kappa shape index (κ2) is 8.05. The van der Waals surface area contributed by atoms with Crippen LogP contribution in [0, 0.1) is 0 Å². The number of anilines is 4. The van der Waals surface area contributed by atoms with Gasteiger partial charge in [0.25, 0.3) is 0 Å². The Morgan fingerprint density at radius 2 is 1.84 bits per heavy atom. The second-order valence-corrected chi connectivity index (χ2v) is 5.91. The molecule has 3 aromatic rings. The molecule has 0 saturated heterocycles. The van der Waals surface area contributed by atoms with E-state index in [0.717, 1.165) is 11.4 Å². The lowest BCUT2D eigenvalue weighted by Gasteiger charge is -2.12. The van der Waals surface area contributed by atoms with Crippen molar-refractivity contribution in [3.05, 3.63) is 64.8 Å². The van der Waals surface area contributed by atoms with Crippen LogP contribution < -0.4 is 15.4 Å². The van der Waals surface area contributed by atoms with Crippen molar-refractivity contribution >= 4 is 46.3 Å². The van der Waals surface area contributed by atoms with Crippen molar-refractivity contribution in [1.82, 2.24) is 9.97 Å². The minimum Gasteiger partial charge on any atom is -0.492 e. The fraction of sp³-hybridized carbons (Fsp3) is 0.111. The molecule has 128 valence electrons. The molecule has 1 aromatic heterocycles. The van der Waals surface area contributed by atoms with E-state index in [9.17, 15) is 0 Å². The van der Waals surface area contributed by atoms with Crippen molar-refractivity contribution in [3.63, 3.8) is 0 Å². The largest absolute Gasteiger partial charge is 0.492 e. The molecule has 25 heavy (non-hydrogen) atoms. The molecule has 0 radical (unpaired) electrons. The predicted molar refractivity (Wildman–Crippen MR) is 103 cm³/mol. The third-order valence-corrected chi connectivity index (χ3v) is 3.84. The highest BCUT2D eigenvalue weighted by Crippen LogP contribution is 2.29. The summed E-state index contributed by atoms with van der Waals surface area (Å²) < 4.78 is 5.60. The van der Waals surface area contributed by atoms with E-state index in [2.05, 4.69) is 20.6 Å². The summed E-state index contributed by atoms with van der Waals surface area (Å²) in [6.07, 6.45) is 1.65. The number of rotatable bonds is 6. The minimum atomic E-state index is 0.440. The minimum absolute atomic E-state index is 0.440. The van der Waals surface area contributed by atoms with Gasteiger partial charge < -0.3 is 15.4 Å². The molecule has 0 bridgehead atoms. The van der Waals surface area contributed by atoms with Gasteiger partial charge in [0.05, 0.1) is 23.0 Å². The molecule has 0 aliphatic rings. The quantitative estimate of drug-likeness (QED) is 0.581. The third kappa shape index (κ3) is 4.53. The first-order valence-corrected chi connectivity index (χ1v) is 8.45. The molecule has 2 N–H and O–H groups in total. The van der Waals surface area contributed by atoms with Crippen LogP contribution in [0.1, 0.15) is 6.92 Å². The summed E-state index contributed by atoms with van der Waals surface area (Å²) in [4.78, 5) is 8.69. The Morgan fingerprint density at radius 1 is 1.00 bits per heavy atom. The van der Waals surface area contributed by atoms with Gasteiger partial charge in [-0.15, -0.1) is 0 Å². The molecule has 0 saturated carbocycles. The van der Waals surface area contributed by atoms with Gasteiger partial charge in [0.2, 0.25) is 5.95 Å². The molecule has 5 nitrogen and oxygen atoms in total. The van der Waals surface area contributed by atoms with Gasteiger partial charge in [0.1, 0.15) is 11.6 Å². The highest BCUT2D eigenvalue weighted by molar-refractivity contribution is 6.35. The van der Waals surface area contributed by atoms with Crippen LogP contribution in [0.15, 0.2) is 54.7 Å². The van der Waals surface area contributed by atoms with Crippen LogP contribution >= 0.6 is 23.2 Å². The number of hydrogen-bond acceptors (Lipinski definition) is 5. The van der Waals surface area contributed by atoms with E-state index in [1.807, 2.05) is 31.2 Å². The Hall–Kier alpha value is -2.50. The van der Waals surface area contributed by atoms with E-state index in [1.54, 1.807) is 30.5 Å². The standard InChI is InChI=1S/C18H16Cl2N4O/c1-2-25-16-6-4-3-5-14(16)23-18-21-10-9-17(24-18)22-15-11-12(19)7-8-13(15)20/h3-11H,2H2,1H3,(H2,21,22,23,24). The molecule has 0 unspecified atom stereocenters. The first-order valence-electron chi connectivity index (χ1n) is 7.69. The Balaban J connectivity index is 1.81. The van der Waals surface area contributed by atoms with Crippen LogP contribution in [0.3, 0.4) is 0 Å². The fourth-order valence-electron chi connectivity index (χ4n) is 2.19. The maximum absolute atomic E-state index is 6.17. The van der Waals surface area contributed by atoms with Crippen molar-refractivity contribution in [2.75, 3.05) is 17.2 Å². The molecular formula is C18H16Cl2N4O. The lowest BCUT2D eigenvalue weighted by molar-refractivity contribution is 0.342. The van der Waals surface area contributed by atoms with Crippen LogP contribution in [0.5, 0.6) is 5.75 Å². The normalized spacial score (nSPS) is 10.4. The van der Waals surface area contributed by atoms with Gasteiger partial charge in [-0.05, 0) is 43.3 Å². The van der Waals surface area contributed by atoms with Gasteiger partial charge >= 0.3 is 0 Å². The Kier molecular flexibility index (Phi) is 5.58. The number of benzene rings is 2. The lowest BCUT2D eigenvalue weighted by atomic mass is 10.3. The van der Waals surface area contributed by atoms with Crippen LogP contribution in [0.25, 0.3) is 0 Å². The Bertz CT molecular complexity index is 873. The SMILES string of the molecule is CCOc1ccccc1Nc1nccc(Nc2cc(Cl)ccc2Cl)n1. The van der Waals surface area contributed by atoms with Crippen LogP contribution in [0.2, 0.25) is 10.0 Å². The van der Waals surface area contributed by atoms with Gasteiger partial charge in [-0.25, -0.2) is 4.98 Å². The number of nitrogens with zero attached hydrogens (tertiary/aromatic N) is 2. The molecule has 2 aromatic carbocycles. The molecule has 7 heteroatoms. The zero-order valence-electron chi connectivity index (χ0n) is 13.5. The third-order valence-electron chi connectivity index (χ3n) is 3.28. The Morgan fingerprint density at radius 3 is 2.68 bits per heavy atom. The zero-order chi connectivity index (χ0) is 17.6. The molecule has 1 heterocycles. The maximum atomic E-state index is 6.17. The van der Waals surface area contributed by atoms with E-state index < -0.39 is 0 Å². The lowest BCUT2D eigenvalue weighted by Crippen LogP contribution is -2.02. The molecule has 0 spiro atoms. The summed E-state index contributed by atoms with van der Waals surface area (Å²) in [5.74, 6) is 1.77. The summed E-state index contributed by atoms with van der Waals surface area (Å²) in [7, 11) is 0. The number of nitrogens with one attached hydrogen (secondary N) is 2. The van der Waals surface area contributed by atoms with Crippen molar-refractivity contribution in [2.24, 2.45) is 0 Å². The van der Waals surface area contributed by atoms with E-state index in [1.165, 1.54) is 0 Å². The van der Waals surface area contributed by atoms with Gasteiger partial charge in [-0.1, -0.05) is 35.3 Å². The highest BCUT2D eigenvalue weighted by Gasteiger charge is 2.07. The van der Waals surface area contributed by atoms with Crippen molar-refractivity contribution in [3.8, 4) is 5.75 Å². The molecule has 0 fully saturated rings. The molecular weight excluding hydrogens is 359 g/mol. The molecule has 0 aliphatic carbocycles. The van der Waals surface area contributed by atoms with Gasteiger partial charge in [0, 0.05) is 11.2 Å². The van der Waals surface area contributed by atoms with Crippen LogP contribution in [0.4, 0.5) is 23.1 Å². The topological polar surface area (TPSA) is 59.1 Å². The summed E-state index contributed by atoms with van der Waals surface area (Å²) in [5.41, 5.74) is 1.47. The zero-order valence-corrected chi connectivity index (χ0v) is 15.0. The fourth-order valence-corrected chi connectivity index (χ4v) is 2.53. The first-order chi connectivity index (χ1) is 12.2. The highest BCUT2D eigenvalue weighted by atomic mass is 35.5. The van der Waals surface area contributed by atoms with Crippen LogP contribution in [-0.2, 0) is 0 Å². The van der Waals surface area contributed by atoms with Crippen molar-refractivity contribution in [1.29, 1.82) is 0 Å². The average Bonchev–Trinajstić information content (AvgIpc) is 2.60. The summed E-state index contributed by atoms with van der Waals surface area (Å²) in [6, 6.07) is 14.6. The van der Waals surface area contributed by atoms with Gasteiger partial charge in [-0.3, -0.25) is 0 Å². The number of hydrogen-bond donors (Lipinski definition) is 2. The van der Waals surface area contributed by atoms with E-state index in [-0.39, 0.29) is 0 Å². The summed E-state index contributed by atoms with van der Waals surface area (Å²) >= 11 is 12.2. The molecule has 0 aliphatic heterocycles. The van der Waals surface area contributed by atoms with Crippen molar-refractivity contribution in [2.45, 2.75) is 6.92 Å². The summed E-state index contributed by atoms with van der Waals surface area (Å²) in [6.45, 7) is 2.51. The Labute approximate surface area is 156 Å². The molecule has 0 amide bonds. The number of para-hydroxylation sites is 2. The van der Waals surface area contributed by atoms with E-state index in [4.69, 9.17) is 27.9 Å². The smallest absolute Gasteiger partial charge is 0.229 e. The number of ether oxygens (including phenoxy) is 1.